The number of hydrogen-bond acceptors (Lipinski definition) is 3. The van der Waals surface area contributed by atoms with Crippen LogP contribution in [0.2, 0.25) is 0 Å². The van der Waals surface area contributed by atoms with Crippen molar-refractivity contribution < 1.29 is 9.94 Å². The predicted octanol–water partition coefficient (Wildman–Crippen LogP) is 3.87. The van der Waals surface area contributed by atoms with Gasteiger partial charge in [-0.1, -0.05) is 61.5 Å². The predicted molar refractivity (Wildman–Crippen MR) is 88.4 cm³/mol. The van der Waals surface area contributed by atoms with Crippen LogP contribution in [0.1, 0.15) is 42.9 Å². The van der Waals surface area contributed by atoms with Crippen molar-refractivity contribution in [3.63, 3.8) is 0 Å². The molecule has 0 heterocycles. The summed E-state index contributed by atoms with van der Waals surface area (Å²) in [4.78, 5) is 0. The number of nitrogens with two attached hydrogens (primary N) is 1. The van der Waals surface area contributed by atoms with E-state index in [-0.39, 0.29) is 5.84 Å². The van der Waals surface area contributed by atoms with E-state index in [0.717, 1.165) is 17.7 Å². The number of ether oxygens (including phenoxy) is 1. The van der Waals surface area contributed by atoms with E-state index in [9.17, 15) is 0 Å². The minimum Gasteiger partial charge on any atom is -0.489 e. The van der Waals surface area contributed by atoms with Gasteiger partial charge < -0.3 is 15.7 Å². The molecule has 0 radical (unpaired) electrons. The number of nitrogens with zero attached hydrogens (tertiary/aromatic N) is 1. The van der Waals surface area contributed by atoms with Crippen LogP contribution in [0.15, 0.2) is 53.7 Å². The van der Waals surface area contributed by atoms with Crippen LogP contribution in [0, 0.1) is 0 Å². The lowest BCUT2D eigenvalue weighted by Gasteiger charge is -2.16. The van der Waals surface area contributed by atoms with Gasteiger partial charge in [-0.15, -0.1) is 0 Å². The Morgan fingerprint density at radius 1 is 1.18 bits per heavy atom. The number of oxime groups is 1. The Labute approximate surface area is 131 Å². The fourth-order valence-corrected chi connectivity index (χ4v) is 2.34. The first-order valence-corrected chi connectivity index (χ1v) is 7.44. The van der Waals surface area contributed by atoms with Crippen LogP contribution in [-0.4, -0.2) is 11.0 Å². The summed E-state index contributed by atoms with van der Waals surface area (Å²) in [5.74, 6) is 1.41. The lowest BCUT2D eigenvalue weighted by molar-refractivity contribution is 0.300. The average molecular weight is 298 g/mol. The van der Waals surface area contributed by atoms with Gasteiger partial charge in [-0.2, -0.15) is 0 Å². The van der Waals surface area contributed by atoms with Gasteiger partial charge in [0.05, 0.1) is 0 Å². The molecule has 1 atom stereocenters. The van der Waals surface area contributed by atoms with Crippen molar-refractivity contribution in [1.82, 2.24) is 0 Å². The molecule has 1 unspecified atom stereocenters. The number of benzene rings is 2. The van der Waals surface area contributed by atoms with E-state index in [1.54, 1.807) is 0 Å². The summed E-state index contributed by atoms with van der Waals surface area (Å²) in [7, 11) is 0. The van der Waals surface area contributed by atoms with Gasteiger partial charge in [0.25, 0.3) is 0 Å². The molecule has 0 spiro atoms. The second-order valence-electron chi connectivity index (χ2n) is 5.28. The van der Waals surface area contributed by atoms with Crippen molar-refractivity contribution in [2.24, 2.45) is 10.9 Å². The molecule has 2 aromatic rings. The third-order valence-electron chi connectivity index (χ3n) is 3.85. The van der Waals surface area contributed by atoms with Crippen LogP contribution in [0.3, 0.4) is 0 Å². The Bertz CT molecular complexity index is 653. The SMILES string of the molecule is CCC(C)c1ccccc1OCc1ccccc1/C(N)=N/O. The number of rotatable bonds is 6. The molecule has 3 N–H and O–H groups in total. The van der Waals surface area contributed by atoms with Gasteiger partial charge in [0, 0.05) is 11.1 Å². The first-order valence-electron chi connectivity index (χ1n) is 7.44. The molecule has 2 aromatic carbocycles. The minimum atomic E-state index is 0.0920. The van der Waals surface area contributed by atoms with E-state index < -0.39 is 0 Å². The highest BCUT2D eigenvalue weighted by atomic mass is 16.5. The Kier molecular flexibility index (Phi) is 5.42. The van der Waals surface area contributed by atoms with Crippen LogP contribution >= 0.6 is 0 Å². The molecule has 2 rings (SSSR count). The zero-order valence-electron chi connectivity index (χ0n) is 13.0. The third kappa shape index (κ3) is 3.58. The molecule has 0 aliphatic heterocycles. The van der Waals surface area contributed by atoms with Crippen LogP contribution < -0.4 is 10.5 Å². The molecule has 22 heavy (non-hydrogen) atoms. The molecular weight excluding hydrogens is 276 g/mol. The Hall–Kier alpha value is -2.49. The zero-order valence-corrected chi connectivity index (χ0v) is 13.0. The van der Waals surface area contributed by atoms with Crippen LogP contribution in [0.25, 0.3) is 0 Å². The second kappa shape index (κ2) is 7.50. The maximum atomic E-state index is 8.87. The molecule has 0 aromatic heterocycles. The van der Waals surface area contributed by atoms with E-state index in [1.807, 2.05) is 42.5 Å². The van der Waals surface area contributed by atoms with Crippen molar-refractivity contribution in [3.8, 4) is 5.75 Å². The van der Waals surface area contributed by atoms with Gasteiger partial charge in [-0.25, -0.2) is 0 Å². The highest BCUT2D eigenvalue weighted by Gasteiger charge is 2.11. The highest BCUT2D eigenvalue weighted by molar-refractivity contribution is 5.98. The summed E-state index contributed by atoms with van der Waals surface area (Å²) < 4.78 is 5.99. The van der Waals surface area contributed by atoms with E-state index in [2.05, 4.69) is 25.1 Å². The largest absolute Gasteiger partial charge is 0.489 e. The zero-order chi connectivity index (χ0) is 15.9. The maximum absolute atomic E-state index is 8.87. The van der Waals surface area contributed by atoms with E-state index >= 15 is 0 Å². The molecule has 0 bridgehead atoms. The van der Waals surface area contributed by atoms with E-state index in [4.69, 9.17) is 15.7 Å². The van der Waals surface area contributed by atoms with Gasteiger partial charge in [0.2, 0.25) is 0 Å². The second-order valence-corrected chi connectivity index (χ2v) is 5.28. The summed E-state index contributed by atoms with van der Waals surface area (Å²) in [6, 6.07) is 15.6. The third-order valence-corrected chi connectivity index (χ3v) is 3.85. The fraction of sp³-hybridized carbons (Fsp3) is 0.278. The summed E-state index contributed by atoms with van der Waals surface area (Å²) in [5, 5.41) is 11.9. The lowest BCUT2D eigenvalue weighted by Crippen LogP contribution is -2.16. The summed E-state index contributed by atoms with van der Waals surface area (Å²) in [5.41, 5.74) is 8.48. The molecule has 0 fully saturated rings. The van der Waals surface area contributed by atoms with Gasteiger partial charge in [0.15, 0.2) is 5.84 Å². The van der Waals surface area contributed by atoms with E-state index in [0.29, 0.717) is 18.1 Å². The van der Waals surface area contributed by atoms with Crippen molar-refractivity contribution >= 4 is 5.84 Å². The van der Waals surface area contributed by atoms with Crippen molar-refractivity contribution in [3.05, 3.63) is 65.2 Å². The molecule has 0 aliphatic rings. The Morgan fingerprint density at radius 3 is 2.59 bits per heavy atom. The molecule has 0 saturated carbocycles. The summed E-state index contributed by atoms with van der Waals surface area (Å²) in [6.07, 6.45) is 1.06. The van der Waals surface area contributed by atoms with Crippen molar-refractivity contribution in [2.45, 2.75) is 32.8 Å². The van der Waals surface area contributed by atoms with Gasteiger partial charge in [-0.05, 0) is 24.0 Å². The lowest BCUT2D eigenvalue weighted by atomic mass is 9.98. The van der Waals surface area contributed by atoms with Gasteiger partial charge in [0.1, 0.15) is 12.4 Å². The topological polar surface area (TPSA) is 67.8 Å². The monoisotopic (exact) mass is 298 g/mol. The normalized spacial score (nSPS) is 12.9. The molecule has 4 heteroatoms. The Balaban J connectivity index is 2.21. The molecule has 0 aliphatic carbocycles. The van der Waals surface area contributed by atoms with Gasteiger partial charge in [-0.3, -0.25) is 0 Å². The van der Waals surface area contributed by atoms with Crippen molar-refractivity contribution in [1.29, 1.82) is 0 Å². The minimum absolute atomic E-state index is 0.0920. The molecular formula is C18H22N2O2. The number of hydrogen-bond donors (Lipinski definition) is 2. The maximum Gasteiger partial charge on any atom is 0.170 e. The van der Waals surface area contributed by atoms with Crippen LogP contribution in [-0.2, 0) is 6.61 Å². The first-order chi connectivity index (χ1) is 10.7. The standard InChI is InChI=1S/C18H22N2O2/c1-3-13(2)15-9-6-7-11-17(15)22-12-14-8-4-5-10-16(14)18(19)20-21/h4-11,13,21H,3,12H2,1-2H3,(H2,19,20). The molecule has 0 saturated heterocycles. The Morgan fingerprint density at radius 2 is 1.86 bits per heavy atom. The smallest absolute Gasteiger partial charge is 0.170 e. The summed E-state index contributed by atoms with van der Waals surface area (Å²) in [6.45, 7) is 4.72. The summed E-state index contributed by atoms with van der Waals surface area (Å²) >= 11 is 0. The van der Waals surface area contributed by atoms with E-state index in [1.165, 1.54) is 5.56 Å². The fourth-order valence-electron chi connectivity index (χ4n) is 2.34. The molecule has 4 nitrogen and oxygen atoms in total. The number of amidine groups is 1. The van der Waals surface area contributed by atoms with Crippen LogP contribution in [0.4, 0.5) is 0 Å². The number of para-hydroxylation sites is 1. The molecule has 116 valence electrons. The van der Waals surface area contributed by atoms with Crippen molar-refractivity contribution in [2.75, 3.05) is 0 Å². The average Bonchev–Trinajstić information content (AvgIpc) is 2.59. The van der Waals surface area contributed by atoms with Crippen LogP contribution in [0.5, 0.6) is 5.75 Å². The highest BCUT2D eigenvalue weighted by Crippen LogP contribution is 2.29. The quantitative estimate of drug-likeness (QED) is 0.368. The molecule has 0 amide bonds. The first kappa shape index (κ1) is 15.9. The van der Waals surface area contributed by atoms with Gasteiger partial charge >= 0.3 is 0 Å².